The van der Waals surface area contributed by atoms with Crippen LogP contribution in [0.4, 0.5) is 11.4 Å². The normalized spacial score (nSPS) is 25.3. The van der Waals surface area contributed by atoms with Gasteiger partial charge in [-0.1, -0.05) is 74.9 Å². The molecule has 12 nitrogen and oxygen atoms in total. The lowest BCUT2D eigenvalue weighted by Crippen LogP contribution is -2.43. The van der Waals surface area contributed by atoms with Gasteiger partial charge in [-0.05, 0) is 173 Å². The van der Waals surface area contributed by atoms with Gasteiger partial charge in [0.05, 0.1) is 20.3 Å². The highest BCUT2D eigenvalue weighted by Gasteiger charge is 2.50. The molecule has 0 spiro atoms. The van der Waals surface area contributed by atoms with Gasteiger partial charge in [-0.2, -0.15) is 0 Å². The highest BCUT2D eigenvalue weighted by Crippen LogP contribution is 2.62. The van der Waals surface area contributed by atoms with Crippen LogP contribution in [0.3, 0.4) is 0 Å². The minimum Gasteiger partial charge on any atom is -0.366 e. The van der Waals surface area contributed by atoms with Crippen molar-refractivity contribution in [3.05, 3.63) is 60.7 Å². The Morgan fingerprint density at radius 2 is 0.775 bits per heavy atom. The molecular formula is C53H93N12P3S3. The molecule has 3 heterocycles. The van der Waals surface area contributed by atoms with Gasteiger partial charge in [0.15, 0.2) is 15.3 Å². The molecule has 3 aliphatic heterocycles. The molecule has 0 bridgehead atoms. The second kappa shape index (κ2) is 30.1. The number of fused-ring (bicyclic) bond motifs is 3. The summed E-state index contributed by atoms with van der Waals surface area (Å²) in [7, 11) is 9.58. The Morgan fingerprint density at radius 3 is 1.11 bits per heavy atom. The maximum atomic E-state index is 5.25. The Balaban J connectivity index is 0.000000179. The van der Waals surface area contributed by atoms with E-state index in [4.69, 9.17) is 36.7 Å². The number of nitrogens with zero attached hydrogens (tertiary/aromatic N) is 6. The van der Waals surface area contributed by atoms with Crippen LogP contribution < -0.4 is 41.2 Å². The van der Waals surface area contributed by atoms with Gasteiger partial charge in [-0.3, -0.25) is 18.7 Å². The number of benzene rings is 2. The van der Waals surface area contributed by atoms with Crippen molar-refractivity contribution in [1.29, 1.82) is 0 Å². The minimum absolute atomic E-state index is 0.0900. The first kappa shape index (κ1) is 58.5. The molecule has 0 aromatic heterocycles. The lowest BCUT2D eigenvalue weighted by Gasteiger charge is -2.36. The van der Waals surface area contributed by atoms with Crippen molar-refractivity contribution in [3.8, 4) is 0 Å². The van der Waals surface area contributed by atoms with Gasteiger partial charge in [0.25, 0.3) is 0 Å². The molecule has 0 unspecified atom stereocenters. The van der Waals surface area contributed by atoms with Crippen LogP contribution in [0.25, 0.3) is 0 Å². The van der Waals surface area contributed by atoms with Gasteiger partial charge in [0.2, 0.25) is 0 Å². The first-order valence-corrected chi connectivity index (χ1v) is 32.8. The molecule has 3 saturated carbocycles. The number of hydrogen-bond acceptors (Lipinski definition) is 9. The van der Waals surface area contributed by atoms with Crippen molar-refractivity contribution in [1.82, 2.24) is 50.6 Å². The van der Waals surface area contributed by atoms with Crippen LogP contribution in [-0.2, 0) is 0 Å². The van der Waals surface area contributed by atoms with Crippen molar-refractivity contribution < 1.29 is 0 Å². The van der Waals surface area contributed by atoms with Crippen molar-refractivity contribution in [2.24, 2.45) is 0 Å². The zero-order chi connectivity index (χ0) is 50.9. The maximum absolute atomic E-state index is 5.25. The van der Waals surface area contributed by atoms with Gasteiger partial charge in [-0.15, -0.1) is 0 Å². The smallest absolute Gasteiger partial charge is 0.166 e. The Kier molecular flexibility index (Phi) is 24.8. The average Bonchev–Trinajstić information content (AvgIpc) is 4.00. The van der Waals surface area contributed by atoms with Crippen molar-refractivity contribution in [2.75, 3.05) is 82.7 Å². The third-order valence-electron chi connectivity index (χ3n) is 15.4. The number of anilines is 2. The van der Waals surface area contributed by atoms with Crippen molar-refractivity contribution in [3.63, 3.8) is 0 Å². The zero-order valence-corrected chi connectivity index (χ0v) is 50.1. The molecule has 6 aliphatic rings. The van der Waals surface area contributed by atoms with Crippen LogP contribution in [0.15, 0.2) is 60.7 Å². The quantitative estimate of drug-likeness (QED) is 0.0547. The van der Waals surface area contributed by atoms with E-state index in [0.29, 0.717) is 24.2 Å². The van der Waals surface area contributed by atoms with E-state index < -0.39 is 8.22 Å². The standard InChI is InChI=1S/C23H31N4PS.C17H35N4PS.C13H27N4PS/c1-24-23(29)25-17-10-18-28-26(19-11-4-2-5-12-19)21-15-8-9-16-22(21)27(28)20-13-6-3-7-14-20;1-13(2)20-15-9-6-7-10-16(15)21(14(3)4)22(20)12-8-11-19-17(23)18-5;1-14-13(19)15-9-6-10-18-16(2)11-7-4-5-8-12(11)17(18)3/h2-7,11-14,21-22H,8-10,15-18H2,1H3,(H2,24,25,29);13-16H,6-12H2,1-5H3,(H2,18,19,23);11-12H,4-10H2,1-3H3,(H2,14,15,19)/t21-,22-;15-,16-;11-,12-/m111/s1. The van der Waals surface area contributed by atoms with E-state index in [2.05, 4.69) is 162 Å². The molecular weight excluding hydrogens is 994 g/mol. The summed E-state index contributed by atoms with van der Waals surface area (Å²) in [4.78, 5) is 0. The fourth-order valence-corrected chi connectivity index (χ4v) is 21.8. The summed E-state index contributed by atoms with van der Waals surface area (Å²) in [5, 5.41) is 21.1. The van der Waals surface area contributed by atoms with E-state index in [1.165, 1.54) is 120 Å². The molecule has 2 aromatic carbocycles. The molecule has 3 aliphatic carbocycles. The number of likely N-dealkylation sites (N-methyl/N-ethyl adjacent to an activating group) is 2. The third-order valence-corrected chi connectivity index (χ3v) is 25.2. The summed E-state index contributed by atoms with van der Waals surface area (Å²) in [5.74, 6) is 0. The second-order valence-corrected chi connectivity index (χ2v) is 28.4. The summed E-state index contributed by atoms with van der Waals surface area (Å²) in [6, 6.07) is 27.9. The van der Waals surface area contributed by atoms with E-state index in [-0.39, 0.29) is 16.4 Å². The van der Waals surface area contributed by atoms with Gasteiger partial charge in [0, 0.05) is 111 Å². The Hall–Kier alpha value is -1.76. The number of hydrogen-bond donors (Lipinski definition) is 6. The largest absolute Gasteiger partial charge is 0.366 e. The van der Waals surface area contributed by atoms with Crippen molar-refractivity contribution in [2.45, 2.75) is 172 Å². The number of para-hydroxylation sites is 2. The van der Waals surface area contributed by atoms with Crippen LogP contribution in [0.5, 0.6) is 0 Å². The molecule has 0 radical (unpaired) electrons. The van der Waals surface area contributed by atoms with Crippen LogP contribution in [0.1, 0.15) is 124 Å². The zero-order valence-electron chi connectivity index (χ0n) is 45.0. The minimum atomic E-state index is -0.447. The Labute approximate surface area is 451 Å². The van der Waals surface area contributed by atoms with E-state index >= 15 is 0 Å². The van der Waals surface area contributed by atoms with Gasteiger partial charge < -0.3 is 41.2 Å². The van der Waals surface area contributed by atoms with Gasteiger partial charge in [0.1, 0.15) is 0 Å². The lowest BCUT2D eigenvalue weighted by atomic mass is 9.89. The van der Waals surface area contributed by atoms with Crippen LogP contribution in [0.2, 0.25) is 0 Å². The first-order chi connectivity index (χ1) is 34.4. The molecule has 8 rings (SSSR count). The highest BCUT2D eigenvalue weighted by atomic mass is 32.1. The molecule has 398 valence electrons. The van der Waals surface area contributed by atoms with Crippen LogP contribution in [-0.4, -0.2) is 156 Å². The molecule has 2 aromatic rings. The molecule has 0 amide bonds. The number of nitrogens with one attached hydrogen (secondary N) is 6. The van der Waals surface area contributed by atoms with E-state index in [9.17, 15) is 0 Å². The predicted octanol–water partition coefficient (Wildman–Crippen LogP) is 10.6. The Bertz CT molecular complexity index is 1790. The van der Waals surface area contributed by atoms with E-state index in [1.807, 2.05) is 21.1 Å². The monoisotopic (exact) mass is 1090 g/mol. The number of rotatable bonds is 16. The van der Waals surface area contributed by atoms with E-state index in [1.54, 1.807) is 0 Å². The SMILES string of the molecule is CNC(=S)NCCCP1N(C(C)C)[C@@H]2CCCC[C@H]2N1C(C)C.CNC(=S)NCCCP1N(C)[C@@H]2CCCC[C@H]2N1C.CNC(=S)NCCCP1N(c2ccccc2)[C@@H]2CCCC[C@H]2N1c1ccccc1. The third kappa shape index (κ3) is 15.7. The molecule has 18 heteroatoms. The molecule has 6 fully saturated rings. The average molecular weight is 1090 g/mol. The second-order valence-electron chi connectivity index (χ2n) is 20.6. The van der Waals surface area contributed by atoms with Crippen molar-refractivity contribution >= 4 is 88.0 Å². The summed E-state index contributed by atoms with van der Waals surface area (Å²) in [6.45, 7) is 12.4. The lowest BCUT2D eigenvalue weighted by molar-refractivity contribution is 0.173. The summed E-state index contributed by atoms with van der Waals surface area (Å²) in [6.07, 6.45) is 23.8. The predicted molar refractivity (Wildman–Crippen MR) is 324 cm³/mol. The fraction of sp³-hybridized carbons (Fsp3) is 0.717. The van der Waals surface area contributed by atoms with Crippen LogP contribution in [0, 0.1) is 0 Å². The fourth-order valence-electron chi connectivity index (χ4n) is 12.2. The summed E-state index contributed by atoms with van der Waals surface area (Å²) < 4.78 is 16.7. The maximum Gasteiger partial charge on any atom is 0.166 e. The number of thiocarbonyl (C=S) groups is 3. The molecule has 6 N–H and O–H groups in total. The topological polar surface area (TPSA) is 91.6 Å². The van der Waals surface area contributed by atoms with E-state index in [0.717, 1.165) is 65.6 Å². The summed E-state index contributed by atoms with van der Waals surface area (Å²) >= 11 is 15.5. The highest BCUT2D eigenvalue weighted by molar-refractivity contribution is 7.80. The molecule has 3 saturated heterocycles. The van der Waals surface area contributed by atoms with Crippen LogP contribution >= 0.6 is 61.3 Å². The van der Waals surface area contributed by atoms with Gasteiger partial charge >= 0.3 is 0 Å². The molecule has 71 heavy (non-hydrogen) atoms. The van der Waals surface area contributed by atoms with Gasteiger partial charge in [-0.25, -0.2) is 0 Å². The summed E-state index contributed by atoms with van der Waals surface area (Å²) in [5.41, 5.74) is 2.76. The first-order valence-electron chi connectivity index (χ1n) is 27.3. The Morgan fingerprint density at radius 1 is 0.465 bits per heavy atom. The molecule has 6 atom stereocenters.